The summed E-state index contributed by atoms with van der Waals surface area (Å²) in [4.78, 5) is 28.8. The molecule has 0 unspecified atom stereocenters. The summed E-state index contributed by atoms with van der Waals surface area (Å²) in [6, 6.07) is 3.60. The molecule has 2 amide bonds. The Morgan fingerprint density at radius 1 is 1.41 bits per heavy atom. The van der Waals surface area contributed by atoms with Crippen LogP contribution in [0, 0.1) is 0 Å². The van der Waals surface area contributed by atoms with Crippen molar-refractivity contribution < 1.29 is 9.59 Å². The molecule has 2 aromatic heterocycles. The highest BCUT2D eigenvalue weighted by Gasteiger charge is 2.26. The van der Waals surface area contributed by atoms with Gasteiger partial charge < -0.3 is 5.84 Å². The van der Waals surface area contributed by atoms with Crippen LogP contribution >= 0.6 is 11.8 Å². The van der Waals surface area contributed by atoms with Gasteiger partial charge in [-0.25, -0.2) is 4.68 Å². The van der Waals surface area contributed by atoms with Crippen LogP contribution in [0.15, 0.2) is 29.7 Å². The molecule has 1 fully saturated rings. The van der Waals surface area contributed by atoms with E-state index in [0.717, 1.165) is 23.7 Å². The van der Waals surface area contributed by atoms with Gasteiger partial charge in [0.25, 0.3) is 0 Å². The van der Waals surface area contributed by atoms with E-state index >= 15 is 0 Å². The Kier molecular flexibility index (Phi) is 4.05. The van der Waals surface area contributed by atoms with E-state index in [1.807, 2.05) is 6.07 Å². The molecule has 114 valence electrons. The molecule has 22 heavy (non-hydrogen) atoms. The maximum absolute atomic E-state index is 12.0. The number of nitrogens with two attached hydrogens (primary N) is 1. The average molecular weight is 318 g/mol. The third-order valence-corrected chi connectivity index (χ3v) is 4.21. The number of likely N-dealkylation sites (tertiary alicyclic amines) is 1. The van der Waals surface area contributed by atoms with Crippen LogP contribution in [0.1, 0.15) is 12.8 Å². The summed E-state index contributed by atoms with van der Waals surface area (Å²) >= 11 is 1.16. The van der Waals surface area contributed by atoms with Crippen molar-refractivity contribution in [3.05, 3.63) is 24.5 Å². The highest BCUT2D eigenvalue weighted by atomic mass is 32.2. The summed E-state index contributed by atoms with van der Waals surface area (Å²) in [5.74, 6) is 6.19. The van der Waals surface area contributed by atoms with Gasteiger partial charge >= 0.3 is 0 Å². The third-order valence-electron chi connectivity index (χ3n) is 3.28. The quantitative estimate of drug-likeness (QED) is 0.638. The number of amides is 2. The minimum absolute atomic E-state index is 0.105. The molecule has 0 aliphatic carbocycles. The van der Waals surface area contributed by atoms with Crippen molar-refractivity contribution >= 4 is 23.6 Å². The summed E-state index contributed by atoms with van der Waals surface area (Å²) in [7, 11) is 0. The minimum atomic E-state index is -0.224. The predicted molar refractivity (Wildman–Crippen MR) is 80.1 cm³/mol. The average Bonchev–Trinajstić information content (AvgIpc) is 3.12. The molecule has 0 bridgehead atoms. The molecule has 0 saturated carbocycles. The highest BCUT2D eigenvalue weighted by Crippen LogP contribution is 2.21. The molecular weight excluding hydrogens is 304 g/mol. The second-order valence-electron chi connectivity index (χ2n) is 4.75. The van der Waals surface area contributed by atoms with Gasteiger partial charge in [0.15, 0.2) is 5.82 Å². The van der Waals surface area contributed by atoms with Crippen LogP contribution in [0.2, 0.25) is 0 Å². The first-order chi connectivity index (χ1) is 10.7. The second kappa shape index (κ2) is 6.14. The molecule has 1 aliphatic rings. The second-order valence-corrected chi connectivity index (χ2v) is 5.69. The molecule has 3 heterocycles. The Balaban J connectivity index is 1.68. The topological polar surface area (TPSA) is 107 Å². The van der Waals surface area contributed by atoms with Crippen LogP contribution in [-0.4, -0.2) is 48.9 Å². The third kappa shape index (κ3) is 2.80. The molecule has 1 aliphatic heterocycles. The number of nitrogen functional groups attached to an aromatic ring is 1. The Bertz CT molecular complexity index is 702. The number of nitrogens with zero attached hydrogens (tertiary/aromatic N) is 5. The van der Waals surface area contributed by atoms with Crippen LogP contribution in [0.25, 0.3) is 11.4 Å². The van der Waals surface area contributed by atoms with Crippen LogP contribution in [0.3, 0.4) is 0 Å². The van der Waals surface area contributed by atoms with E-state index in [1.165, 1.54) is 9.58 Å². The van der Waals surface area contributed by atoms with E-state index in [0.29, 0.717) is 23.9 Å². The summed E-state index contributed by atoms with van der Waals surface area (Å²) in [5, 5.41) is 8.40. The summed E-state index contributed by atoms with van der Waals surface area (Å²) in [5.41, 5.74) is 0.741. The lowest BCUT2D eigenvalue weighted by atomic mass is 10.3. The first-order valence-corrected chi connectivity index (χ1v) is 7.72. The first-order valence-electron chi connectivity index (χ1n) is 6.73. The van der Waals surface area contributed by atoms with Gasteiger partial charge in [-0.05, 0) is 18.6 Å². The number of rotatable bonds is 4. The zero-order valence-corrected chi connectivity index (χ0v) is 12.5. The number of carbonyl (C=O) groups excluding carboxylic acids is 2. The van der Waals surface area contributed by atoms with Gasteiger partial charge in [-0.1, -0.05) is 11.8 Å². The molecule has 2 N–H and O–H groups in total. The van der Waals surface area contributed by atoms with Crippen molar-refractivity contribution in [1.82, 2.24) is 24.8 Å². The van der Waals surface area contributed by atoms with Gasteiger partial charge in [-0.15, -0.1) is 10.2 Å². The van der Waals surface area contributed by atoms with Crippen molar-refractivity contribution in [1.29, 1.82) is 0 Å². The Morgan fingerprint density at radius 3 is 2.95 bits per heavy atom. The van der Waals surface area contributed by atoms with Gasteiger partial charge in [0.1, 0.15) is 0 Å². The van der Waals surface area contributed by atoms with Crippen LogP contribution in [-0.2, 0) is 9.59 Å². The highest BCUT2D eigenvalue weighted by molar-refractivity contribution is 7.99. The van der Waals surface area contributed by atoms with Gasteiger partial charge in [0.05, 0.1) is 5.75 Å². The monoisotopic (exact) mass is 318 g/mol. The lowest BCUT2D eigenvalue weighted by molar-refractivity contribution is -0.140. The van der Waals surface area contributed by atoms with Crippen LogP contribution in [0.5, 0.6) is 0 Å². The number of carbonyl (C=O) groups is 2. The number of aromatic nitrogens is 4. The number of hydrogen-bond donors (Lipinski definition) is 1. The Hall–Kier alpha value is -2.42. The smallest absolute Gasteiger partial charge is 0.239 e. The fourth-order valence-electron chi connectivity index (χ4n) is 2.18. The maximum Gasteiger partial charge on any atom is 0.239 e. The van der Waals surface area contributed by atoms with Gasteiger partial charge in [-0.2, -0.15) is 0 Å². The molecule has 9 heteroatoms. The zero-order valence-electron chi connectivity index (χ0n) is 11.7. The molecule has 2 aromatic rings. The SMILES string of the molecule is Nn1c(SCC(=O)N2CCCC2=O)nnc1-c1cccnc1. The van der Waals surface area contributed by atoms with Crippen LogP contribution in [0.4, 0.5) is 0 Å². The van der Waals surface area contributed by atoms with E-state index in [4.69, 9.17) is 5.84 Å². The summed E-state index contributed by atoms with van der Waals surface area (Å²) < 4.78 is 1.32. The Morgan fingerprint density at radius 2 is 2.27 bits per heavy atom. The number of thioether (sulfide) groups is 1. The van der Waals surface area contributed by atoms with Gasteiger partial charge in [0.2, 0.25) is 17.0 Å². The van der Waals surface area contributed by atoms with Crippen molar-refractivity contribution in [3.8, 4) is 11.4 Å². The first kappa shape index (κ1) is 14.5. The number of hydrogen-bond acceptors (Lipinski definition) is 7. The minimum Gasteiger partial charge on any atom is -0.335 e. The lowest BCUT2D eigenvalue weighted by Gasteiger charge is -2.12. The number of imide groups is 1. The maximum atomic E-state index is 12.0. The molecule has 0 aromatic carbocycles. The predicted octanol–water partition coefficient (Wildman–Crippen LogP) is 0.295. The van der Waals surface area contributed by atoms with Crippen molar-refractivity contribution in [3.63, 3.8) is 0 Å². The summed E-state index contributed by atoms with van der Waals surface area (Å²) in [6.07, 6.45) is 4.46. The largest absolute Gasteiger partial charge is 0.335 e. The molecule has 3 rings (SSSR count). The lowest BCUT2D eigenvalue weighted by Crippen LogP contribution is -2.33. The van der Waals surface area contributed by atoms with Crippen molar-refractivity contribution in [2.75, 3.05) is 18.1 Å². The fourth-order valence-corrected chi connectivity index (χ4v) is 2.92. The van der Waals surface area contributed by atoms with E-state index in [1.54, 1.807) is 18.5 Å². The van der Waals surface area contributed by atoms with Crippen molar-refractivity contribution in [2.45, 2.75) is 18.0 Å². The summed E-state index contributed by atoms with van der Waals surface area (Å²) in [6.45, 7) is 0.495. The van der Waals surface area contributed by atoms with Crippen LogP contribution < -0.4 is 5.84 Å². The fraction of sp³-hybridized carbons (Fsp3) is 0.308. The molecule has 8 nitrogen and oxygen atoms in total. The van der Waals surface area contributed by atoms with E-state index < -0.39 is 0 Å². The van der Waals surface area contributed by atoms with E-state index in [-0.39, 0.29) is 17.6 Å². The zero-order chi connectivity index (χ0) is 15.5. The normalized spacial score (nSPS) is 14.5. The van der Waals surface area contributed by atoms with Gasteiger partial charge in [0, 0.05) is 30.9 Å². The van der Waals surface area contributed by atoms with Gasteiger partial charge in [-0.3, -0.25) is 19.5 Å². The molecule has 1 saturated heterocycles. The van der Waals surface area contributed by atoms with E-state index in [2.05, 4.69) is 15.2 Å². The molecule has 0 spiro atoms. The molecule has 0 atom stereocenters. The van der Waals surface area contributed by atoms with Crippen molar-refractivity contribution in [2.24, 2.45) is 0 Å². The molecular formula is C13H14N6O2S. The Labute approximate surface area is 130 Å². The van der Waals surface area contributed by atoms with E-state index in [9.17, 15) is 9.59 Å². The number of pyridine rings is 1. The molecule has 0 radical (unpaired) electrons. The standard InChI is InChI=1S/C13H14N6O2S/c14-19-12(9-3-1-5-15-7-9)16-17-13(19)22-8-11(21)18-6-2-4-10(18)20/h1,3,5,7H,2,4,6,8,14H2.